The standard InChI is InChI=1S/C12H9NO3S/c14-17(15,16)11-9-5-1-3-7-12(9)8-4-2-6-10(12)13-11/h1-8H,(H,14,15,16). The Balaban J connectivity index is 2.34. The van der Waals surface area contributed by atoms with Gasteiger partial charge in [0, 0.05) is 5.57 Å². The summed E-state index contributed by atoms with van der Waals surface area (Å²) >= 11 is 0. The highest BCUT2D eigenvalue weighted by atomic mass is 32.2. The number of rotatable bonds is 1. The number of hydrogen-bond acceptors (Lipinski definition) is 3. The second kappa shape index (κ2) is 3.15. The normalized spacial score (nSPS) is 29.4. The van der Waals surface area contributed by atoms with E-state index in [2.05, 4.69) is 4.99 Å². The Morgan fingerprint density at radius 1 is 1.06 bits per heavy atom. The quantitative estimate of drug-likeness (QED) is 0.718. The molecule has 0 aromatic carbocycles. The van der Waals surface area contributed by atoms with Gasteiger partial charge in [-0.25, -0.2) is 4.99 Å². The largest absolute Gasteiger partial charge is 0.312 e. The maximum atomic E-state index is 11.3. The van der Waals surface area contributed by atoms with Gasteiger partial charge >= 0.3 is 10.1 Å². The van der Waals surface area contributed by atoms with Gasteiger partial charge in [0.05, 0.1) is 11.1 Å². The van der Waals surface area contributed by atoms with Crippen LogP contribution in [0.2, 0.25) is 0 Å². The van der Waals surface area contributed by atoms with Crippen molar-refractivity contribution in [3.05, 3.63) is 59.2 Å². The molecule has 5 heteroatoms. The van der Waals surface area contributed by atoms with Gasteiger partial charge in [-0.1, -0.05) is 42.5 Å². The molecule has 1 heterocycles. The molecule has 3 aliphatic rings. The third-order valence-electron chi connectivity index (χ3n) is 3.02. The fourth-order valence-electron chi connectivity index (χ4n) is 2.28. The molecule has 1 unspecified atom stereocenters. The molecule has 1 N–H and O–H groups in total. The number of nitrogens with zero attached hydrogens (tertiary/aromatic N) is 1. The SMILES string of the molecule is O=S(=O)(O)C1=C2C=CC=CC23C=CC=CC3=N1. The van der Waals surface area contributed by atoms with E-state index in [0.29, 0.717) is 11.3 Å². The van der Waals surface area contributed by atoms with Crippen LogP contribution in [0.25, 0.3) is 0 Å². The van der Waals surface area contributed by atoms with Crippen LogP contribution in [0.15, 0.2) is 64.2 Å². The maximum Gasteiger partial charge on any atom is 0.312 e. The van der Waals surface area contributed by atoms with Gasteiger partial charge in [-0.05, 0) is 6.08 Å². The van der Waals surface area contributed by atoms with Gasteiger partial charge in [0.2, 0.25) is 0 Å². The molecular formula is C12H9NO3S. The molecule has 0 aromatic rings. The second-order valence-corrected chi connectivity index (χ2v) is 5.33. The molecule has 0 fully saturated rings. The van der Waals surface area contributed by atoms with Gasteiger partial charge < -0.3 is 0 Å². The van der Waals surface area contributed by atoms with Crippen molar-refractivity contribution in [1.82, 2.24) is 0 Å². The van der Waals surface area contributed by atoms with Crippen LogP contribution in [0, 0.1) is 5.41 Å². The van der Waals surface area contributed by atoms with E-state index in [1.54, 1.807) is 24.3 Å². The van der Waals surface area contributed by atoms with Crippen molar-refractivity contribution >= 4 is 15.8 Å². The van der Waals surface area contributed by atoms with Gasteiger partial charge in [-0.3, -0.25) is 4.55 Å². The van der Waals surface area contributed by atoms with Gasteiger partial charge in [0.15, 0.2) is 5.03 Å². The monoisotopic (exact) mass is 247 g/mol. The molecule has 0 amide bonds. The Bertz CT molecular complexity index is 665. The average molecular weight is 247 g/mol. The first-order valence-corrected chi connectivity index (χ1v) is 6.51. The molecule has 0 aromatic heterocycles. The van der Waals surface area contributed by atoms with E-state index >= 15 is 0 Å². The summed E-state index contributed by atoms with van der Waals surface area (Å²) in [6.45, 7) is 0. The van der Waals surface area contributed by atoms with E-state index in [1.165, 1.54) is 0 Å². The third kappa shape index (κ3) is 1.33. The van der Waals surface area contributed by atoms with Crippen molar-refractivity contribution in [2.75, 3.05) is 0 Å². The van der Waals surface area contributed by atoms with E-state index in [-0.39, 0.29) is 5.03 Å². The van der Waals surface area contributed by atoms with E-state index in [9.17, 15) is 13.0 Å². The van der Waals surface area contributed by atoms with E-state index in [0.717, 1.165) is 0 Å². The van der Waals surface area contributed by atoms with Crippen molar-refractivity contribution in [3.8, 4) is 0 Å². The van der Waals surface area contributed by atoms with Gasteiger partial charge in [0.1, 0.15) is 0 Å². The number of allylic oxidation sites excluding steroid dienone is 9. The zero-order chi connectivity index (χ0) is 12.1. The Morgan fingerprint density at radius 2 is 1.71 bits per heavy atom. The van der Waals surface area contributed by atoms with Crippen LogP contribution in [-0.2, 0) is 10.1 Å². The average Bonchev–Trinajstić information content (AvgIpc) is 2.63. The van der Waals surface area contributed by atoms with Crippen LogP contribution < -0.4 is 0 Å². The first kappa shape index (κ1) is 10.4. The van der Waals surface area contributed by atoms with Crippen LogP contribution in [0.3, 0.4) is 0 Å². The summed E-state index contributed by atoms with van der Waals surface area (Å²) < 4.78 is 31.8. The molecule has 0 saturated carbocycles. The van der Waals surface area contributed by atoms with Crippen molar-refractivity contribution in [3.63, 3.8) is 0 Å². The Kier molecular flexibility index (Phi) is 1.93. The lowest BCUT2D eigenvalue weighted by atomic mass is 9.73. The third-order valence-corrected chi connectivity index (χ3v) is 3.82. The van der Waals surface area contributed by atoms with E-state index < -0.39 is 15.5 Å². The highest BCUT2D eigenvalue weighted by Gasteiger charge is 2.43. The molecule has 2 aliphatic carbocycles. The molecule has 0 saturated heterocycles. The Morgan fingerprint density at radius 3 is 2.35 bits per heavy atom. The molecule has 0 radical (unpaired) electrons. The second-order valence-electron chi connectivity index (χ2n) is 4.00. The summed E-state index contributed by atoms with van der Waals surface area (Å²) in [5.41, 5.74) is 0.482. The van der Waals surface area contributed by atoms with Gasteiger partial charge in [-0.15, -0.1) is 0 Å². The topological polar surface area (TPSA) is 66.7 Å². The van der Waals surface area contributed by atoms with Crippen LogP contribution >= 0.6 is 0 Å². The highest BCUT2D eigenvalue weighted by Crippen LogP contribution is 2.46. The predicted molar refractivity (Wildman–Crippen MR) is 65.0 cm³/mol. The van der Waals surface area contributed by atoms with Gasteiger partial charge in [-0.2, -0.15) is 8.42 Å². The van der Waals surface area contributed by atoms with Crippen LogP contribution in [0.4, 0.5) is 0 Å². The van der Waals surface area contributed by atoms with Crippen molar-refractivity contribution in [1.29, 1.82) is 0 Å². The summed E-state index contributed by atoms with van der Waals surface area (Å²) in [4.78, 5) is 4.03. The summed E-state index contributed by atoms with van der Waals surface area (Å²) in [6.07, 6.45) is 14.4. The van der Waals surface area contributed by atoms with Crippen LogP contribution in [0.5, 0.6) is 0 Å². The Hall–Kier alpha value is -1.72. The molecule has 17 heavy (non-hydrogen) atoms. The smallest absolute Gasteiger partial charge is 0.281 e. The molecular weight excluding hydrogens is 238 g/mol. The lowest BCUT2D eigenvalue weighted by Crippen LogP contribution is -2.27. The van der Waals surface area contributed by atoms with Crippen molar-refractivity contribution in [2.45, 2.75) is 0 Å². The first-order valence-electron chi connectivity index (χ1n) is 5.07. The summed E-state index contributed by atoms with van der Waals surface area (Å²) in [6, 6.07) is 0. The zero-order valence-electron chi connectivity index (χ0n) is 8.74. The highest BCUT2D eigenvalue weighted by molar-refractivity contribution is 7.89. The van der Waals surface area contributed by atoms with E-state index in [1.807, 2.05) is 24.3 Å². The number of hydrogen-bond donors (Lipinski definition) is 1. The molecule has 0 bridgehead atoms. The number of aliphatic imine (C=N–C) groups is 1. The predicted octanol–water partition coefficient (Wildman–Crippen LogP) is 1.78. The lowest BCUT2D eigenvalue weighted by molar-refractivity contribution is 0.490. The van der Waals surface area contributed by atoms with Crippen LogP contribution in [0.1, 0.15) is 0 Å². The molecule has 1 atom stereocenters. The van der Waals surface area contributed by atoms with Crippen molar-refractivity contribution < 1.29 is 13.0 Å². The summed E-state index contributed by atoms with van der Waals surface area (Å²) in [5.74, 6) is 0. The summed E-state index contributed by atoms with van der Waals surface area (Å²) in [7, 11) is -4.30. The maximum absolute atomic E-state index is 11.3. The molecule has 3 rings (SSSR count). The fraction of sp³-hybridized carbons (Fsp3) is 0.0833. The Labute approximate surface area is 98.8 Å². The molecule has 1 spiro atoms. The molecule has 1 aliphatic heterocycles. The van der Waals surface area contributed by atoms with Crippen molar-refractivity contribution in [2.24, 2.45) is 10.4 Å². The summed E-state index contributed by atoms with van der Waals surface area (Å²) in [5, 5.41) is -0.260. The lowest BCUT2D eigenvalue weighted by Gasteiger charge is -2.28. The minimum atomic E-state index is -4.30. The van der Waals surface area contributed by atoms with E-state index in [4.69, 9.17) is 0 Å². The van der Waals surface area contributed by atoms with Gasteiger partial charge in [0.25, 0.3) is 0 Å². The molecule has 4 nitrogen and oxygen atoms in total. The minimum absolute atomic E-state index is 0.260. The molecule has 86 valence electrons. The zero-order valence-corrected chi connectivity index (χ0v) is 9.55. The fourth-order valence-corrected chi connectivity index (χ4v) is 3.01. The van der Waals surface area contributed by atoms with Crippen LogP contribution in [-0.4, -0.2) is 18.7 Å². The first-order chi connectivity index (χ1) is 8.04. The minimum Gasteiger partial charge on any atom is -0.281 e.